The zero-order valence-corrected chi connectivity index (χ0v) is 28.1. The molecule has 8 nitrogen and oxygen atoms in total. The van der Waals surface area contributed by atoms with Crippen molar-refractivity contribution in [1.29, 1.82) is 0 Å². The molecule has 0 aliphatic rings. The molecule has 0 saturated carbocycles. The number of nitrogens with one attached hydrogen (secondary N) is 1. The minimum absolute atomic E-state index is 0.0466. The molecule has 0 spiro atoms. The average molecular weight is 683 g/mol. The number of nitrogens with zero attached hydrogens (tertiary/aromatic N) is 2. The number of hydrogen-bond acceptors (Lipinski definition) is 5. The molecule has 0 radical (unpaired) electrons. The number of ether oxygens (including phenoxy) is 1. The van der Waals surface area contributed by atoms with Crippen molar-refractivity contribution in [3.63, 3.8) is 0 Å². The highest BCUT2D eigenvalue weighted by atomic mass is 35.5. The van der Waals surface area contributed by atoms with Gasteiger partial charge in [0.1, 0.15) is 24.1 Å². The van der Waals surface area contributed by atoms with Crippen molar-refractivity contribution < 1.29 is 22.7 Å². The van der Waals surface area contributed by atoms with Crippen LogP contribution in [0.1, 0.15) is 30.9 Å². The van der Waals surface area contributed by atoms with E-state index in [1.54, 1.807) is 54.6 Å². The number of halogens is 2. The van der Waals surface area contributed by atoms with Gasteiger partial charge in [-0.05, 0) is 66.1 Å². The van der Waals surface area contributed by atoms with Gasteiger partial charge in [0.2, 0.25) is 21.8 Å². The van der Waals surface area contributed by atoms with Crippen molar-refractivity contribution in [2.24, 2.45) is 0 Å². The van der Waals surface area contributed by atoms with Gasteiger partial charge in [-0.1, -0.05) is 91.1 Å². The number of para-hydroxylation sites is 1. The van der Waals surface area contributed by atoms with E-state index in [1.807, 2.05) is 55.5 Å². The van der Waals surface area contributed by atoms with Gasteiger partial charge < -0.3 is 15.0 Å². The Bertz CT molecular complexity index is 1710. The lowest BCUT2D eigenvalue weighted by atomic mass is 10.0. The average Bonchev–Trinajstić information content (AvgIpc) is 3.03. The second kappa shape index (κ2) is 16.5. The molecule has 0 bridgehead atoms. The van der Waals surface area contributed by atoms with E-state index in [4.69, 9.17) is 27.9 Å². The summed E-state index contributed by atoms with van der Waals surface area (Å²) >= 11 is 12.7. The first-order chi connectivity index (χ1) is 22.0. The van der Waals surface area contributed by atoms with Gasteiger partial charge in [0, 0.05) is 29.6 Å². The zero-order valence-electron chi connectivity index (χ0n) is 25.7. The molecule has 0 aliphatic heterocycles. The first kappa shape index (κ1) is 34.8. The number of carbonyl (C=O) groups excluding carboxylic acids is 2. The molecule has 242 valence electrons. The quantitative estimate of drug-likeness (QED) is 0.135. The van der Waals surface area contributed by atoms with Crippen LogP contribution in [0.3, 0.4) is 0 Å². The monoisotopic (exact) mass is 681 g/mol. The fraction of sp³-hybridized carbons (Fsp3) is 0.257. The van der Waals surface area contributed by atoms with Crippen molar-refractivity contribution in [3.8, 4) is 11.5 Å². The third kappa shape index (κ3) is 9.97. The highest BCUT2D eigenvalue weighted by molar-refractivity contribution is 7.92. The number of rotatable bonds is 15. The molecule has 0 aromatic heterocycles. The van der Waals surface area contributed by atoms with Gasteiger partial charge in [-0.2, -0.15) is 0 Å². The van der Waals surface area contributed by atoms with Gasteiger partial charge in [-0.15, -0.1) is 0 Å². The molecule has 11 heteroatoms. The summed E-state index contributed by atoms with van der Waals surface area (Å²) in [5.41, 5.74) is 1.67. The summed E-state index contributed by atoms with van der Waals surface area (Å²) in [6, 6.07) is 28.9. The molecule has 2 amide bonds. The van der Waals surface area contributed by atoms with E-state index >= 15 is 0 Å². The number of sulfonamides is 1. The van der Waals surface area contributed by atoms with Crippen LogP contribution in [0.15, 0.2) is 103 Å². The lowest BCUT2D eigenvalue weighted by molar-refractivity contribution is -0.140. The standard InChI is InChI=1S/C35H37Cl2N3O5S/c1-3-4-21-38-35(42)33(22-26-11-7-5-8-12-26)39(24-27-15-16-28(36)23-32(27)37)34(41)25-40(46(2,43)44)29-17-19-31(20-18-29)45-30-13-9-6-10-14-30/h5-20,23,33H,3-4,21-22,24-25H2,1-2H3,(H,38,42)/t33-/m0/s1. The van der Waals surface area contributed by atoms with E-state index in [0.29, 0.717) is 33.7 Å². The Hall–Kier alpha value is -4.05. The SMILES string of the molecule is CCCCNC(=O)[C@H](Cc1ccccc1)N(Cc1ccc(Cl)cc1Cl)C(=O)CN(c1ccc(Oc2ccccc2)cc1)S(C)(=O)=O. The summed E-state index contributed by atoms with van der Waals surface area (Å²) in [7, 11) is -3.93. The Morgan fingerprint density at radius 1 is 0.870 bits per heavy atom. The molecule has 0 fully saturated rings. The molecule has 4 aromatic carbocycles. The first-order valence-electron chi connectivity index (χ1n) is 14.9. The molecular formula is C35H37Cl2N3O5S. The van der Waals surface area contributed by atoms with Crippen LogP contribution in [0.4, 0.5) is 5.69 Å². The number of carbonyl (C=O) groups is 2. The lowest BCUT2D eigenvalue weighted by Gasteiger charge is -2.33. The molecule has 0 saturated heterocycles. The first-order valence-corrected chi connectivity index (χ1v) is 17.5. The van der Waals surface area contributed by atoms with Crippen molar-refractivity contribution in [3.05, 3.63) is 124 Å². The zero-order chi connectivity index (χ0) is 33.1. The molecule has 1 atom stereocenters. The Labute approximate surface area is 280 Å². The summed E-state index contributed by atoms with van der Waals surface area (Å²) < 4.78 is 33.1. The highest BCUT2D eigenvalue weighted by Crippen LogP contribution is 2.27. The lowest BCUT2D eigenvalue weighted by Crippen LogP contribution is -2.53. The number of hydrogen-bond donors (Lipinski definition) is 1. The topological polar surface area (TPSA) is 96.0 Å². The van der Waals surface area contributed by atoms with Crippen molar-refractivity contribution in [2.45, 2.75) is 38.8 Å². The summed E-state index contributed by atoms with van der Waals surface area (Å²) in [5.74, 6) is 0.209. The summed E-state index contributed by atoms with van der Waals surface area (Å²) in [5, 5.41) is 3.70. The molecule has 46 heavy (non-hydrogen) atoms. The van der Waals surface area contributed by atoms with Crippen LogP contribution in [-0.4, -0.2) is 50.5 Å². The number of benzene rings is 4. The Morgan fingerprint density at radius 3 is 2.11 bits per heavy atom. The van der Waals surface area contributed by atoms with E-state index < -0.39 is 28.5 Å². The van der Waals surface area contributed by atoms with E-state index in [9.17, 15) is 18.0 Å². The maximum absolute atomic E-state index is 14.3. The van der Waals surface area contributed by atoms with Gasteiger partial charge in [-0.25, -0.2) is 8.42 Å². The normalized spacial score (nSPS) is 11.8. The highest BCUT2D eigenvalue weighted by Gasteiger charge is 2.33. The van der Waals surface area contributed by atoms with E-state index in [0.717, 1.165) is 29.0 Å². The molecule has 4 aromatic rings. The Kier molecular flexibility index (Phi) is 12.5. The fourth-order valence-corrected chi connectivity index (χ4v) is 6.13. The molecule has 0 heterocycles. The van der Waals surface area contributed by atoms with Crippen LogP contribution >= 0.6 is 23.2 Å². The van der Waals surface area contributed by atoms with E-state index in [-0.39, 0.29) is 24.6 Å². The molecule has 1 N–H and O–H groups in total. The van der Waals surface area contributed by atoms with Crippen LogP contribution in [0.5, 0.6) is 11.5 Å². The second-order valence-corrected chi connectivity index (χ2v) is 13.5. The summed E-state index contributed by atoms with van der Waals surface area (Å²) in [4.78, 5) is 29.4. The largest absolute Gasteiger partial charge is 0.457 e. The van der Waals surface area contributed by atoms with Gasteiger partial charge in [-0.3, -0.25) is 13.9 Å². The van der Waals surface area contributed by atoms with Crippen LogP contribution < -0.4 is 14.4 Å². The van der Waals surface area contributed by atoms with Gasteiger partial charge in [0.05, 0.1) is 11.9 Å². The third-order valence-electron chi connectivity index (χ3n) is 7.24. The predicted octanol–water partition coefficient (Wildman–Crippen LogP) is 7.11. The van der Waals surface area contributed by atoms with Crippen molar-refractivity contribution in [2.75, 3.05) is 23.7 Å². The fourth-order valence-electron chi connectivity index (χ4n) is 4.81. The van der Waals surface area contributed by atoms with E-state index in [1.165, 1.54) is 4.90 Å². The molecule has 4 rings (SSSR count). The second-order valence-electron chi connectivity index (χ2n) is 10.8. The third-order valence-corrected chi connectivity index (χ3v) is 8.97. The van der Waals surface area contributed by atoms with Crippen molar-refractivity contribution >= 4 is 50.7 Å². The minimum atomic E-state index is -3.93. The minimum Gasteiger partial charge on any atom is -0.457 e. The van der Waals surface area contributed by atoms with Crippen molar-refractivity contribution in [1.82, 2.24) is 10.2 Å². The molecule has 0 unspecified atom stereocenters. The Balaban J connectivity index is 1.68. The van der Waals surface area contributed by atoms with Crippen LogP contribution in [0.2, 0.25) is 10.0 Å². The van der Waals surface area contributed by atoms with Crippen LogP contribution in [-0.2, 0) is 32.6 Å². The number of amides is 2. The Morgan fingerprint density at radius 2 is 1.50 bits per heavy atom. The molecule has 0 aliphatic carbocycles. The van der Waals surface area contributed by atoms with Gasteiger partial charge in [0.25, 0.3) is 0 Å². The maximum atomic E-state index is 14.3. The smallest absolute Gasteiger partial charge is 0.244 e. The van der Waals surface area contributed by atoms with Gasteiger partial charge in [0.15, 0.2) is 0 Å². The maximum Gasteiger partial charge on any atom is 0.244 e. The molecular weight excluding hydrogens is 645 g/mol. The van der Waals surface area contributed by atoms with Crippen LogP contribution in [0.25, 0.3) is 0 Å². The summed E-state index contributed by atoms with van der Waals surface area (Å²) in [6.07, 6.45) is 2.89. The van der Waals surface area contributed by atoms with E-state index in [2.05, 4.69) is 5.32 Å². The van der Waals surface area contributed by atoms with Crippen LogP contribution in [0, 0.1) is 0 Å². The number of anilines is 1. The summed E-state index contributed by atoms with van der Waals surface area (Å²) in [6.45, 7) is 1.87. The number of unbranched alkanes of at least 4 members (excludes halogenated alkanes) is 1. The van der Waals surface area contributed by atoms with Gasteiger partial charge >= 0.3 is 0 Å². The predicted molar refractivity (Wildman–Crippen MR) is 184 cm³/mol.